The van der Waals surface area contributed by atoms with Crippen LogP contribution in [-0.4, -0.2) is 27.8 Å². The predicted octanol–water partition coefficient (Wildman–Crippen LogP) is 2.86. The Bertz CT molecular complexity index is 378. The SMILES string of the molecule is Oc1ccc(CNCCSC2CCCC2)cc1O. The van der Waals surface area contributed by atoms with E-state index in [9.17, 15) is 10.2 Å². The summed E-state index contributed by atoms with van der Waals surface area (Å²) in [5.74, 6) is 1.04. The van der Waals surface area contributed by atoms with Crippen LogP contribution in [0.2, 0.25) is 0 Å². The van der Waals surface area contributed by atoms with Crippen LogP contribution in [0.5, 0.6) is 11.5 Å². The zero-order chi connectivity index (χ0) is 12.8. The lowest BCUT2D eigenvalue weighted by Gasteiger charge is -2.09. The van der Waals surface area contributed by atoms with Crippen LogP contribution in [-0.2, 0) is 6.54 Å². The second kappa shape index (κ2) is 6.90. The molecule has 0 bridgehead atoms. The molecule has 0 radical (unpaired) electrons. The average molecular weight is 267 g/mol. The van der Waals surface area contributed by atoms with E-state index in [1.54, 1.807) is 6.07 Å². The van der Waals surface area contributed by atoms with E-state index >= 15 is 0 Å². The van der Waals surface area contributed by atoms with Crippen LogP contribution in [0.1, 0.15) is 31.2 Å². The average Bonchev–Trinajstić information content (AvgIpc) is 2.86. The van der Waals surface area contributed by atoms with E-state index in [-0.39, 0.29) is 11.5 Å². The number of nitrogens with one attached hydrogen (secondary N) is 1. The molecule has 2 rings (SSSR count). The van der Waals surface area contributed by atoms with Crippen LogP contribution in [0, 0.1) is 0 Å². The van der Waals surface area contributed by atoms with E-state index in [0.29, 0.717) is 0 Å². The summed E-state index contributed by atoms with van der Waals surface area (Å²) < 4.78 is 0. The van der Waals surface area contributed by atoms with E-state index in [1.807, 2.05) is 6.07 Å². The third-order valence-electron chi connectivity index (χ3n) is 3.30. The van der Waals surface area contributed by atoms with Gasteiger partial charge in [-0.2, -0.15) is 11.8 Å². The Kier molecular flexibility index (Phi) is 5.20. The first kappa shape index (κ1) is 13.6. The summed E-state index contributed by atoms with van der Waals surface area (Å²) in [4.78, 5) is 0. The van der Waals surface area contributed by atoms with Crippen LogP contribution in [0.25, 0.3) is 0 Å². The number of hydrogen-bond acceptors (Lipinski definition) is 4. The van der Waals surface area contributed by atoms with Crippen LogP contribution < -0.4 is 5.32 Å². The lowest BCUT2D eigenvalue weighted by Crippen LogP contribution is -2.17. The molecule has 1 aliphatic carbocycles. The van der Waals surface area contributed by atoms with Crippen molar-refractivity contribution in [2.75, 3.05) is 12.3 Å². The molecule has 0 aromatic heterocycles. The molecule has 1 aromatic carbocycles. The van der Waals surface area contributed by atoms with Crippen LogP contribution in [0.15, 0.2) is 18.2 Å². The van der Waals surface area contributed by atoms with Gasteiger partial charge >= 0.3 is 0 Å². The molecule has 0 aliphatic heterocycles. The fraction of sp³-hybridized carbons (Fsp3) is 0.571. The summed E-state index contributed by atoms with van der Waals surface area (Å²) in [6.07, 6.45) is 5.57. The summed E-state index contributed by atoms with van der Waals surface area (Å²) >= 11 is 2.07. The molecule has 1 fully saturated rings. The Hall–Kier alpha value is -0.870. The van der Waals surface area contributed by atoms with Crippen molar-refractivity contribution in [2.24, 2.45) is 0 Å². The van der Waals surface area contributed by atoms with Gasteiger partial charge in [-0.3, -0.25) is 0 Å². The van der Waals surface area contributed by atoms with Crippen molar-refractivity contribution < 1.29 is 10.2 Å². The number of aromatic hydroxyl groups is 2. The fourth-order valence-corrected chi connectivity index (χ4v) is 3.53. The number of phenolic OH excluding ortho intramolecular Hbond substituents is 2. The summed E-state index contributed by atoms with van der Waals surface area (Å²) in [7, 11) is 0. The minimum Gasteiger partial charge on any atom is -0.504 e. The van der Waals surface area contributed by atoms with Gasteiger partial charge < -0.3 is 15.5 Å². The minimum absolute atomic E-state index is 0.0466. The maximum absolute atomic E-state index is 9.36. The van der Waals surface area contributed by atoms with Gasteiger partial charge in [-0.05, 0) is 30.5 Å². The monoisotopic (exact) mass is 267 g/mol. The molecule has 0 amide bonds. The highest BCUT2D eigenvalue weighted by molar-refractivity contribution is 7.99. The van der Waals surface area contributed by atoms with Crippen molar-refractivity contribution in [3.8, 4) is 11.5 Å². The van der Waals surface area contributed by atoms with Gasteiger partial charge in [-0.1, -0.05) is 18.9 Å². The van der Waals surface area contributed by atoms with Gasteiger partial charge in [0.15, 0.2) is 11.5 Å². The molecule has 0 atom stereocenters. The number of hydrogen-bond donors (Lipinski definition) is 3. The van der Waals surface area contributed by atoms with E-state index in [1.165, 1.54) is 31.7 Å². The molecule has 1 aromatic rings. The topological polar surface area (TPSA) is 52.5 Å². The van der Waals surface area contributed by atoms with Crippen molar-refractivity contribution >= 4 is 11.8 Å². The smallest absolute Gasteiger partial charge is 0.157 e. The standard InChI is InChI=1S/C14H21NO2S/c16-13-6-5-11(9-14(13)17)10-15-7-8-18-12-3-1-2-4-12/h5-6,9,12,15-17H,1-4,7-8,10H2. The van der Waals surface area contributed by atoms with E-state index in [2.05, 4.69) is 17.1 Å². The predicted molar refractivity (Wildman–Crippen MR) is 76.2 cm³/mol. The summed E-state index contributed by atoms with van der Waals surface area (Å²) in [5.41, 5.74) is 0.996. The second-order valence-electron chi connectivity index (χ2n) is 4.78. The van der Waals surface area contributed by atoms with Crippen molar-refractivity contribution in [1.29, 1.82) is 0 Å². The normalized spacial score (nSPS) is 16.2. The van der Waals surface area contributed by atoms with E-state index in [0.717, 1.165) is 29.7 Å². The van der Waals surface area contributed by atoms with Crippen LogP contribution >= 0.6 is 11.8 Å². The zero-order valence-corrected chi connectivity index (χ0v) is 11.4. The van der Waals surface area contributed by atoms with Crippen molar-refractivity contribution in [2.45, 2.75) is 37.5 Å². The molecule has 3 N–H and O–H groups in total. The number of rotatable bonds is 6. The largest absolute Gasteiger partial charge is 0.504 e. The van der Waals surface area contributed by atoms with Gasteiger partial charge in [0.2, 0.25) is 0 Å². The Morgan fingerprint density at radius 2 is 1.94 bits per heavy atom. The minimum atomic E-state index is -0.0597. The molecular weight excluding hydrogens is 246 g/mol. The Morgan fingerprint density at radius 3 is 2.67 bits per heavy atom. The van der Waals surface area contributed by atoms with Gasteiger partial charge in [0.1, 0.15) is 0 Å². The number of benzene rings is 1. The Labute approximate surface area is 113 Å². The fourth-order valence-electron chi connectivity index (χ4n) is 2.26. The van der Waals surface area contributed by atoms with Gasteiger partial charge in [-0.25, -0.2) is 0 Å². The van der Waals surface area contributed by atoms with Crippen molar-refractivity contribution in [3.63, 3.8) is 0 Å². The highest BCUT2D eigenvalue weighted by Gasteiger charge is 2.14. The van der Waals surface area contributed by atoms with Gasteiger partial charge in [0, 0.05) is 24.1 Å². The third kappa shape index (κ3) is 4.10. The molecular formula is C14H21NO2S. The van der Waals surface area contributed by atoms with Gasteiger partial charge in [-0.15, -0.1) is 0 Å². The molecule has 100 valence electrons. The molecule has 4 heteroatoms. The first-order chi connectivity index (χ1) is 8.75. The maximum atomic E-state index is 9.36. The highest BCUT2D eigenvalue weighted by atomic mass is 32.2. The highest BCUT2D eigenvalue weighted by Crippen LogP contribution is 2.29. The molecule has 0 saturated heterocycles. The first-order valence-corrected chi connectivity index (χ1v) is 7.64. The quantitative estimate of drug-likeness (QED) is 0.548. The van der Waals surface area contributed by atoms with Crippen LogP contribution in [0.3, 0.4) is 0 Å². The van der Waals surface area contributed by atoms with Crippen molar-refractivity contribution in [3.05, 3.63) is 23.8 Å². The van der Waals surface area contributed by atoms with Crippen LogP contribution in [0.4, 0.5) is 0 Å². The number of thioether (sulfide) groups is 1. The third-order valence-corrected chi connectivity index (χ3v) is 4.69. The second-order valence-corrected chi connectivity index (χ2v) is 6.19. The van der Waals surface area contributed by atoms with E-state index < -0.39 is 0 Å². The number of phenols is 2. The molecule has 1 saturated carbocycles. The van der Waals surface area contributed by atoms with Gasteiger partial charge in [0.05, 0.1) is 0 Å². The Morgan fingerprint density at radius 1 is 1.17 bits per heavy atom. The summed E-state index contributed by atoms with van der Waals surface area (Å²) in [6, 6.07) is 4.96. The molecule has 1 aliphatic rings. The molecule has 0 heterocycles. The molecule has 18 heavy (non-hydrogen) atoms. The maximum Gasteiger partial charge on any atom is 0.157 e. The molecule has 0 spiro atoms. The Balaban J connectivity index is 1.61. The first-order valence-electron chi connectivity index (χ1n) is 6.59. The molecule has 3 nitrogen and oxygen atoms in total. The van der Waals surface area contributed by atoms with Gasteiger partial charge in [0.25, 0.3) is 0 Å². The molecule has 0 unspecified atom stereocenters. The van der Waals surface area contributed by atoms with Crippen molar-refractivity contribution in [1.82, 2.24) is 5.32 Å². The lowest BCUT2D eigenvalue weighted by molar-refractivity contribution is 0.403. The zero-order valence-electron chi connectivity index (χ0n) is 10.6. The lowest BCUT2D eigenvalue weighted by atomic mass is 10.2. The summed E-state index contributed by atoms with van der Waals surface area (Å²) in [6.45, 7) is 1.72. The summed E-state index contributed by atoms with van der Waals surface area (Å²) in [5, 5.41) is 22.8. The van der Waals surface area contributed by atoms with E-state index in [4.69, 9.17) is 0 Å².